The van der Waals surface area contributed by atoms with Crippen LogP contribution in [0, 0.1) is 0 Å². The number of hydrogen-bond acceptors (Lipinski definition) is 4. The summed E-state index contributed by atoms with van der Waals surface area (Å²) in [6, 6.07) is 14.6. The highest BCUT2D eigenvalue weighted by Gasteiger charge is 2.25. The maximum Gasteiger partial charge on any atom is 0.317 e. The first kappa shape index (κ1) is 20.0. The number of amides is 1. The van der Waals surface area contributed by atoms with Gasteiger partial charge in [0, 0.05) is 4.90 Å². The van der Waals surface area contributed by atoms with Gasteiger partial charge in [0.2, 0.25) is 0 Å². The minimum atomic E-state index is -0.794. The quantitative estimate of drug-likeness (QED) is 0.568. The number of rotatable bonds is 6. The molecule has 4 rings (SSSR count). The standard InChI is InChI=1S/C24H27NO3S/c1-16(24(27)25-22-11-5-8-18-6-2-3-10-21(18)22)28-23(26)15-29-20-13-12-17-7-4-9-19(17)14-20/h2-3,6,10,12-14,16,22H,4-5,7-9,11,15H2,1H3,(H,25,27)/t16-,22-/m1/s1. The van der Waals surface area contributed by atoms with E-state index in [1.54, 1.807) is 6.92 Å². The van der Waals surface area contributed by atoms with E-state index in [1.807, 2.05) is 12.1 Å². The van der Waals surface area contributed by atoms with Gasteiger partial charge in [-0.25, -0.2) is 0 Å². The average Bonchev–Trinajstić information content (AvgIpc) is 3.20. The van der Waals surface area contributed by atoms with E-state index in [-0.39, 0.29) is 23.7 Å². The minimum Gasteiger partial charge on any atom is -0.452 e. The number of benzene rings is 2. The highest BCUT2D eigenvalue weighted by Crippen LogP contribution is 2.30. The van der Waals surface area contributed by atoms with E-state index < -0.39 is 6.10 Å². The molecule has 2 aliphatic carbocycles. The number of fused-ring (bicyclic) bond motifs is 2. The number of hydrogen-bond donors (Lipinski definition) is 1. The van der Waals surface area contributed by atoms with Crippen molar-refractivity contribution in [3.8, 4) is 0 Å². The molecule has 0 bridgehead atoms. The first-order valence-electron chi connectivity index (χ1n) is 10.4. The molecule has 0 saturated heterocycles. The van der Waals surface area contributed by atoms with Gasteiger partial charge >= 0.3 is 5.97 Å². The van der Waals surface area contributed by atoms with Gasteiger partial charge in [0.1, 0.15) is 0 Å². The second-order valence-electron chi connectivity index (χ2n) is 7.86. The van der Waals surface area contributed by atoms with Crippen LogP contribution in [0.5, 0.6) is 0 Å². The molecule has 0 heterocycles. The van der Waals surface area contributed by atoms with Gasteiger partial charge in [-0.2, -0.15) is 0 Å². The van der Waals surface area contributed by atoms with Crippen LogP contribution in [0.3, 0.4) is 0 Å². The lowest BCUT2D eigenvalue weighted by Crippen LogP contribution is -2.39. The first-order valence-corrected chi connectivity index (χ1v) is 11.4. The third-order valence-electron chi connectivity index (χ3n) is 5.79. The maximum absolute atomic E-state index is 12.6. The zero-order valence-electron chi connectivity index (χ0n) is 16.8. The smallest absolute Gasteiger partial charge is 0.317 e. The topological polar surface area (TPSA) is 55.4 Å². The lowest BCUT2D eigenvalue weighted by Gasteiger charge is -2.27. The molecule has 0 radical (unpaired) electrons. The fourth-order valence-electron chi connectivity index (χ4n) is 4.26. The molecule has 1 amide bonds. The van der Waals surface area contributed by atoms with Crippen molar-refractivity contribution in [1.29, 1.82) is 0 Å². The van der Waals surface area contributed by atoms with Gasteiger partial charge < -0.3 is 10.1 Å². The summed E-state index contributed by atoms with van der Waals surface area (Å²) in [6.07, 6.45) is 5.70. The number of ether oxygens (including phenoxy) is 1. The second kappa shape index (κ2) is 9.04. The van der Waals surface area contributed by atoms with Crippen LogP contribution in [-0.2, 0) is 33.6 Å². The van der Waals surface area contributed by atoms with Crippen LogP contribution in [0.15, 0.2) is 47.4 Å². The Bertz CT molecular complexity index is 911. The van der Waals surface area contributed by atoms with E-state index in [0.29, 0.717) is 0 Å². The number of nitrogens with one attached hydrogen (secondary N) is 1. The van der Waals surface area contributed by atoms with E-state index in [9.17, 15) is 9.59 Å². The molecule has 0 aliphatic heterocycles. The van der Waals surface area contributed by atoms with Gasteiger partial charge in [-0.1, -0.05) is 30.3 Å². The van der Waals surface area contributed by atoms with Crippen molar-refractivity contribution >= 4 is 23.6 Å². The normalized spacial score (nSPS) is 18.4. The number of carbonyl (C=O) groups is 2. The molecule has 29 heavy (non-hydrogen) atoms. The molecule has 1 N–H and O–H groups in total. The Labute approximate surface area is 176 Å². The predicted octanol–water partition coefficient (Wildman–Crippen LogP) is 4.39. The summed E-state index contributed by atoms with van der Waals surface area (Å²) in [4.78, 5) is 25.9. The highest BCUT2D eigenvalue weighted by atomic mass is 32.2. The fraction of sp³-hybridized carbons (Fsp3) is 0.417. The molecule has 0 unspecified atom stereocenters. The van der Waals surface area contributed by atoms with Crippen LogP contribution in [-0.4, -0.2) is 23.7 Å². The molecular formula is C24H27NO3S. The molecule has 0 spiro atoms. The summed E-state index contributed by atoms with van der Waals surface area (Å²) in [5.41, 5.74) is 5.28. The Kier molecular flexibility index (Phi) is 6.24. The molecule has 2 aliphatic rings. The first-order chi connectivity index (χ1) is 14.1. The van der Waals surface area contributed by atoms with Crippen LogP contribution in [0.25, 0.3) is 0 Å². The molecule has 4 nitrogen and oxygen atoms in total. The van der Waals surface area contributed by atoms with Crippen molar-refractivity contribution in [3.05, 3.63) is 64.7 Å². The van der Waals surface area contributed by atoms with Crippen molar-refractivity contribution in [1.82, 2.24) is 5.32 Å². The minimum absolute atomic E-state index is 0.00519. The van der Waals surface area contributed by atoms with E-state index in [1.165, 1.54) is 40.4 Å². The summed E-state index contributed by atoms with van der Waals surface area (Å²) in [6.45, 7) is 1.64. The van der Waals surface area contributed by atoms with Crippen molar-refractivity contribution in [2.24, 2.45) is 0 Å². The molecule has 0 aromatic heterocycles. The van der Waals surface area contributed by atoms with Crippen LogP contribution in [0.4, 0.5) is 0 Å². The molecule has 2 aromatic carbocycles. The summed E-state index contributed by atoms with van der Waals surface area (Å²) >= 11 is 1.47. The van der Waals surface area contributed by atoms with Crippen molar-refractivity contribution in [2.45, 2.75) is 62.5 Å². The fourth-order valence-corrected chi connectivity index (χ4v) is 5.00. The summed E-state index contributed by atoms with van der Waals surface area (Å²) in [7, 11) is 0. The third-order valence-corrected chi connectivity index (χ3v) is 6.76. The van der Waals surface area contributed by atoms with Crippen molar-refractivity contribution in [2.75, 3.05) is 5.75 Å². The van der Waals surface area contributed by atoms with E-state index in [0.717, 1.165) is 37.0 Å². The predicted molar refractivity (Wildman–Crippen MR) is 115 cm³/mol. The molecule has 0 fully saturated rings. The van der Waals surface area contributed by atoms with E-state index in [2.05, 4.69) is 35.6 Å². The maximum atomic E-state index is 12.6. The molecule has 152 valence electrons. The van der Waals surface area contributed by atoms with E-state index >= 15 is 0 Å². The van der Waals surface area contributed by atoms with Crippen LogP contribution >= 0.6 is 11.8 Å². The summed E-state index contributed by atoms with van der Waals surface area (Å²) in [5.74, 6) is -0.382. The molecular weight excluding hydrogens is 382 g/mol. The van der Waals surface area contributed by atoms with Gasteiger partial charge in [0.15, 0.2) is 6.10 Å². The zero-order valence-corrected chi connectivity index (χ0v) is 17.6. The van der Waals surface area contributed by atoms with Crippen LogP contribution < -0.4 is 5.32 Å². The third kappa shape index (κ3) is 4.84. The van der Waals surface area contributed by atoms with Gasteiger partial charge in [0.25, 0.3) is 5.91 Å². The van der Waals surface area contributed by atoms with Crippen LogP contribution in [0.2, 0.25) is 0 Å². The van der Waals surface area contributed by atoms with Gasteiger partial charge in [-0.3, -0.25) is 9.59 Å². The van der Waals surface area contributed by atoms with Crippen molar-refractivity contribution in [3.63, 3.8) is 0 Å². The Hall–Kier alpha value is -2.27. The SMILES string of the molecule is C[C@@H](OC(=O)CSc1ccc2c(c1)CCC2)C(=O)N[C@@H]1CCCc2ccccc21. The molecule has 5 heteroatoms. The summed E-state index contributed by atoms with van der Waals surface area (Å²) in [5, 5.41) is 3.06. The van der Waals surface area contributed by atoms with Gasteiger partial charge in [0.05, 0.1) is 11.8 Å². The Morgan fingerprint density at radius 1 is 1.07 bits per heavy atom. The zero-order chi connectivity index (χ0) is 20.2. The molecule has 2 aromatic rings. The molecule has 0 saturated carbocycles. The van der Waals surface area contributed by atoms with Gasteiger partial charge in [-0.05, 0) is 79.8 Å². The van der Waals surface area contributed by atoms with Crippen molar-refractivity contribution < 1.29 is 14.3 Å². The Balaban J connectivity index is 1.27. The highest BCUT2D eigenvalue weighted by molar-refractivity contribution is 8.00. The van der Waals surface area contributed by atoms with E-state index in [4.69, 9.17) is 4.74 Å². The van der Waals surface area contributed by atoms with Gasteiger partial charge in [-0.15, -0.1) is 11.8 Å². The monoisotopic (exact) mass is 409 g/mol. The molecule has 2 atom stereocenters. The number of thioether (sulfide) groups is 1. The largest absolute Gasteiger partial charge is 0.452 e. The average molecular weight is 410 g/mol. The number of aryl methyl sites for hydroxylation is 3. The lowest BCUT2D eigenvalue weighted by atomic mass is 9.87. The summed E-state index contributed by atoms with van der Waals surface area (Å²) < 4.78 is 5.38. The Morgan fingerprint density at radius 2 is 1.86 bits per heavy atom. The lowest BCUT2D eigenvalue weighted by molar-refractivity contribution is -0.152. The number of carbonyl (C=O) groups excluding carboxylic acids is 2. The number of esters is 1. The second-order valence-corrected chi connectivity index (χ2v) is 8.91. The Morgan fingerprint density at radius 3 is 2.76 bits per heavy atom. The van der Waals surface area contributed by atoms with Crippen LogP contribution in [0.1, 0.15) is 54.5 Å².